The van der Waals surface area contributed by atoms with E-state index in [0.29, 0.717) is 12.1 Å². The van der Waals surface area contributed by atoms with Crippen molar-refractivity contribution in [3.05, 3.63) is 35.1 Å². The molecule has 0 saturated heterocycles. The Bertz CT molecular complexity index is 345. The van der Waals surface area contributed by atoms with E-state index in [0.717, 1.165) is 12.1 Å². The minimum Gasteiger partial charge on any atom is -0.302 e. The molecule has 1 rings (SSSR count). The molecule has 0 atom stereocenters. The molecule has 0 aliphatic heterocycles. The number of rotatable bonds is 3. The van der Waals surface area contributed by atoms with Crippen molar-refractivity contribution < 1.29 is 13.2 Å². The van der Waals surface area contributed by atoms with Gasteiger partial charge in [0.1, 0.15) is 0 Å². The summed E-state index contributed by atoms with van der Waals surface area (Å²) in [6.07, 6.45) is 4.96. The highest BCUT2D eigenvalue weighted by Gasteiger charge is 2.09. The molecule has 0 spiro atoms. The lowest BCUT2D eigenvalue weighted by Gasteiger charge is -2.03. The van der Waals surface area contributed by atoms with Gasteiger partial charge in [-0.15, -0.1) is 6.42 Å². The van der Waals surface area contributed by atoms with Crippen LogP contribution in [0.2, 0.25) is 0 Å². The van der Waals surface area contributed by atoms with Gasteiger partial charge < -0.3 is 5.32 Å². The number of hydrogen-bond donors (Lipinski definition) is 1. The van der Waals surface area contributed by atoms with Crippen molar-refractivity contribution in [3.63, 3.8) is 0 Å². The average molecular weight is 199 g/mol. The van der Waals surface area contributed by atoms with Crippen LogP contribution in [0.5, 0.6) is 0 Å². The van der Waals surface area contributed by atoms with Gasteiger partial charge in [-0.05, 0) is 17.7 Å². The summed E-state index contributed by atoms with van der Waals surface area (Å²) in [7, 11) is 0. The quantitative estimate of drug-likeness (QED) is 0.445. The standard InChI is InChI=1S/C10H8F3N/c1-2-3-14-6-7-4-8(11)10(13)9(12)5-7/h1,4-5,14H,3,6H2. The zero-order valence-corrected chi connectivity index (χ0v) is 7.28. The van der Waals surface area contributed by atoms with E-state index in [1.165, 1.54) is 0 Å². The van der Waals surface area contributed by atoms with Crippen LogP contribution in [-0.4, -0.2) is 6.54 Å². The molecule has 0 unspecified atom stereocenters. The predicted molar refractivity (Wildman–Crippen MR) is 46.9 cm³/mol. The van der Waals surface area contributed by atoms with Crippen molar-refractivity contribution in [1.29, 1.82) is 0 Å². The average Bonchev–Trinajstić information content (AvgIpc) is 2.14. The summed E-state index contributed by atoms with van der Waals surface area (Å²) < 4.78 is 37.8. The Morgan fingerprint density at radius 2 is 1.79 bits per heavy atom. The number of halogens is 3. The van der Waals surface area contributed by atoms with E-state index in [1.54, 1.807) is 0 Å². The zero-order valence-electron chi connectivity index (χ0n) is 7.28. The first-order valence-electron chi connectivity index (χ1n) is 3.92. The molecule has 1 aromatic rings. The van der Waals surface area contributed by atoms with Gasteiger partial charge in [0.05, 0.1) is 6.54 Å². The molecule has 0 heterocycles. The number of hydrogen-bond acceptors (Lipinski definition) is 1. The molecule has 0 bridgehead atoms. The molecule has 0 radical (unpaired) electrons. The molecule has 14 heavy (non-hydrogen) atoms. The maximum absolute atomic E-state index is 12.7. The second-order valence-corrected chi connectivity index (χ2v) is 2.68. The molecule has 0 saturated carbocycles. The summed E-state index contributed by atoms with van der Waals surface area (Å²) in [4.78, 5) is 0. The van der Waals surface area contributed by atoms with Crippen LogP contribution < -0.4 is 5.32 Å². The van der Waals surface area contributed by atoms with Crippen LogP contribution in [-0.2, 0) is 6.54 Å². The van der Waals surface area contributed by atoms with Crippen LogP contribution in [0.15, 0.2) is 12.1 Å². The molecule has 1 aromatic carbocycles. The lowest BCUT2D eigenvalue weighted by atomic mass is 10.2. The van der Waals surface area contributed by atoms with E-state index < -0.39 is 17.5 Å². The fourth-order valence-corrected chi connectivity index (χ4v) is 0.989. The van der Waals surface area contributed by atoms with E-state index >= 15 is 0 Å². The van der Waals surface area contributed by atoms with Crippen LogP contribution in [0.4, 0.5) is 13.2 Å². The highest BCUT2D eigenvalue weighted by atomic mass is 19.2. The first-order valence-corrected chi connectivity index (χ1v) is 3.92. The summed E-state index contributed by atoms with van der Waals surface area (Å²) in [5, 5.41) is 2.73. The van der Waals surface area contributed by atoms with Crippen LogP contribution >= 0.6 is 0 Å². The van der Waals surface area contributed by atoms with E-state index in [9.17, 15) is 13.2 Å². The third kappa shape index (κ3) is 2.51. The maximum atomic E-state index is 12.7. The van der Waals surface area contributed by atoms with Crippen molar-refractivity contribution in [2.45, 2.75) is 6.54 Å². The van der Waals surface area contributed by atoms with Gasteiger partial charge in [0.15, 0.2) is 17.5 Å². The smallest absolute Gasteiger partial charge is 0.194 e. The Morgan fingerprint density at radius 3 is 2.29 bits per heavy atom. The Kier molecular flexibility index (Phi) is 3.55. The molecule has 0 aliphatic carbocycles. The summed E-state index contributed by atoms with van der Waals surface area (Å²) in [5.41, 5.74) is 0.316. The van der Waals surface area contributed by atoms with Crippen LogP contribution in [0.1, 0.15) is 5.56 Å². The van der Waals surface area contributed by atoms with Gasteiger partial charge in [-0.2, -0.15) is 0 Å². The van der Waals surface area contributed by atoms with Crippen molar-refractivity contribution in [2.24, 2.45) is 0 Å². The van der Waals surface area contributed by atoms with Crippen LogP contribution in [0.25, 0.3) is 0 Å². The molecule has 0 fully saturated rings. The number of benzene rings is 1. The highest BCUT2D eigenvalue weighted by molar-refractivity contribution is 5.19. The Morgan fingerprint density at radius 1 is 1.21 bits per heavy atom. The second kappa shape index (κ2) is 4.68. The topological polar surface area (TPSA) is 12.0 Å². The molecule has 1 nitrogen and oxygen atoms in total. The molecule has 1 N–H and O–H groups in total. The third-order valence-electron chi connectivity index (χ3n) is 1.60. The largest absolute Gasteiger partial charge is 0.302 e. The lowest BCUT2D eigenvalue weighted by molar-refractivity contribution is 0.444. The zero-order chi connectivity index (χ0) is 10.6. The van der Waals surface area contributed by atoms with Crippen molar-refractivity contribution in [1.82, 2.24) is 5.32 Å². The summed E-state index contributed by atoms with van der Waals surface area (Å²) in [5.74, 6) is -1.53. The lowest BCUT2D eigenvalue weighted by Crippen LogP contribution is -2.13. The van der Waals surface area contributed by atoms with Gasteiger partial charge >= 0.3 is 0 Å². The van der Waals surface area contributed by atoms with Crippen molar-refractivity contribution in [3.8, 4) is 12.3 Å². The fourth-order valence-electron chi connectivity index (χ4n) is 0.989. The molecular formula is C10H8F3N. The van der Waals surface area contributed by atoms with Gasteiger partial charge in [-0.25, -0.2) is 13.2 Å². The summed E-state index contributed by atoms with van der Waals surface area (Å²) in [6.45, 7) is 0.499. The minimum absolute atomic E-state index is 0.207. The Hall–Kier alpha value is -1.47. The Labute approximate surface area is 79.9 Å². The normalized spacial score (nSPS) is 9.86. The minimum atomic E-state index is -1.45. The van der Waals surface area contributed by atoms with E-state index in [2.05, 4.69) is 11.2 Å². The van der Waals surface area contributed by atoms with Gasteiger partial charge in [-0.3, -0.25) is 0 Å². The number of terminal acetylenes is 1. The Balaban J connectivity index is 2.75. The predicted octanol–water partition coefficient (Wildman–Crippen LogP) is 1.83. The van der Waals surface area contributed by atoms with E-state index in [4.69, 9.17) is 6.42 Å². The first kappa shape index (κ1) is 10.6. The molecular weight excluding hydrogens is 191 g/mol. The van der Waals surface area contributed by atoms with E-state index in [1.807, 2.05) is 0 Å². The molecule has 0 aliphatic rings. The van der Waals surface area contributed by atoms with Crippen LogP contribution in [0, 0.1) is 29.8 Å². The second-order valence-electron chi connectivity index (χ2n) is 2.68. The summed E-state index contributed by atoms with van der Waals surface area (Å²) >= 11 is 0. The fraction of sp³-hybridized carbons (Fsp3) is 0.200. The van der Waals surface area contributed by atoms with Crippen molar-refractivity contribution in [2.75, 3.05) is 6.54 Å². The first-order chi connectivity index (χ1) is 6.65. The van der Waals surface area contributed by atoms with Gasteiger partial charge in [0.25, 0.3) is 0 Å². The van der Waals surface area contributed by atoms with Gasteiger partial charge in [-0.1, -0.05) is 5.92 Å². The van der Waals surface area contributed by atoms with E-state index in [-0.39, 0.29) is 6.54 Å². The molecule has 0 amide bonds. The molecule has 4 heteroatoms. The molecule has 74 valence electrons. The monoisotopic (exact) mass is 199 g/mol. The van der Waals surface area contributed by atoms with Crippen LogP contribution in [0.3, 0.4) is 0 Å². The molecule has 0 aromatic heterocycles. The highest BCUT2D eigenvalue weighted by Crippen LogP contribution is 2.13. The third-order valence-corrected chi connectivity index (χ3v) is 1.60. The van der Waals surface area contributed by atoms with Crippen molar-refractivity contribution >= 4 is 0 Å². The SMILES string of the molecule is C#CCNCc1cc(F)c(F)c(F)c1. The summed E-state index contributed by atoms with van der Waals surface area (Å²) in [6, 6.07) is 1.86. The van der Waals surface area contributed by atoms with Gasteiger partial charge in [0.2, 0.25) is 0 Å². The number of nitrogens with one attached hydrogen (secondary N) is 1. The maximum Gasteiger partial charge on any atom is 0.194 e. The van der Waals surface area contributed by atoms with Gasteiger partial charge in [0, 0.05) is 6.54 Å².